The summed E-state index contributed by atoms with van der Waals surface area (Å²) < 4.78 is 14.9. The summed E-state index contributed by atoms with van der Waals surface area (Å²) in [5.41, 5.74) is 6.62. The molecule has 0 saturated carbocycles. The third-order valence-corrected chi connectivity index (χ3v) is 2.28. The van der Waals surface area contributed by atoms with Crippen molar-refractivity contribution < 1.29 is 19.0 Å². The van der Waals surface area contributed by atoms with Crippen LogP contribution in [0.5, 0.6) is 11.5 Å². The number of hydrogen-bond acceptors (Lipinski definition) is 5. The van der Waals surface area contributed by atoms with Gasteiger partial charge < -0.3 is 19.9 Å². The second-order valence-corrected chi connectivity index (χ2v) is 3.56. The van der Waals surface area contributed by atoms with Gasteiger partial charge in [-0.05, 0) is 13.0 Å². The highest BCUT2D eigenvalue weighted by atomic mass is 16.6. The van der Waals surface area contributed by atoms with Crippen LogP contribution in [0.2, 0.25) is 0 Å². The Kier molecular flexibility index (Phi) is 4.78. The minimum Gasteiger partial charge on any atom is -0.497 e. The summed E-state index contributed by atoms with van der Waals surface area (Å²) in [6.45, 7) is 1.69. The van der Waals surface area contributed by atoms with Crippen molar-refractivity contribution in [3.8, 4) is 11.5 Å². The van der Waals surface area contributed by atoms with Gasteiger partial charge >= 0.3 is 5.97 Å². The summed E-state index contributed by atoms with van der Waals surface area (Å²) in [6, 6.07) is 5.12. The molecular weight excluding hydrogens is 222 g/mol. The van der Waals surface area contributed by atoms with Crippen LogP contribution in [0.3, 0.4) is 0 Å². The van der Waals surface area contributed by atoms with Crippen LogP contribution in [-0.2, 0) is 9.53 Å². The van der Waals surface area contributed by atoms with Gasteiger partial charge in [0.2, 0.25) is 0 Å². The van der Waals surface area contributed by atoms with Gasteiger partial charge in [0.15, 0.2) is 6.61 Å². The number of carbonyl (C=O) groups is 1. The van der Waals surface area contributed by atoms with Crippen molar-refractivity contribution in [1.29, 1.82) is 0 Å². The molecule has 1 rings (SSSR count). The van der Waals surface area contributed by atoms with Gasteiger partial charge in [-0.1, -0.05) is 6.07 Å². The molecule has 0 aliphatic rings. The van der Waals surface area contributed by atoms with Gasteiger partial charge in [0.1, 0.15) is 11.5 Å². The Labute approximate surface area is 100 Å². The normalized spacial score (nSPS) is 11.8. The molecule has 0 spiro atoms. The van der Waals surface area contributed by atoms with Gasteiger partial charge in [-0.25, -0.2) is 4.79 Å². The number of hydrogen-bond donors (Lipinski definition) is 1. The second kappa shape index (κ2) is 6.10. The lowest BCUT2D eigenvalue weighted by Crippen LogP contribution is -2.15. The van der Waals surface area contributed by atoms with E-state index >= 15 is 0 Å². The Balaban J connectivity index is 2.89. The number of ether oxygens (including phenoxy) is 3. The first-order valence-electron chi connectivity index (χ1n) is 5.21. The van der Waals surface area contributed by atoms with Crippen LogP contribution in [0.4, 0.5) is 0 Å². The lowest BCUT2D eigenvalue weighted by Gasteiger charge is -2.14. The Morgan fingerprint density at radius 3 is 2.65 bits per heavy atom. The minimum absolute atomic E-state index is 0.149. The molecule has 0 fully saturated rings. The topological polar surface area (TPSA) is 70.8 Å². The summed E-state index contributed by atoms with van der Waals surface area (Å²) in [7, 11) is 2.87. The van der Waals surface area contributed by atoms with Crippen molar-refractivity contribution in [3.05, 3.63) is 23.8 Å². The zero-order valence-corrected chi connectivity index (χ0v) is 10.2. The molecule has 0 heterocycles. The molecule has 94 valence electrons. The van der Waals surface area contributed by atoms with Crippen molar-refractivity contribution >= 4 is 5.97 Å². The number of benzene rings is 1. The third-order valence-electron chi connectivity index (χ3n) is 2.28. The maximum atomic E-state index is 11.0. The predicted octanol–water partition coefficient (Wildman–Crippen LogP) is 1.27. The molecule has 5 heteroatoms. The Morgan fingerprint density at radius 1 is 1.41 bits per heavy atom. The van der Waals surface area contributed by atoms with Crippen molar-refractivity contribution in [2.75, 3.05) is 20.8 Å². The lowest BCUT2D eigenvalue weighted by molar-refractivity contribution is -0.142. The van der Waals surface area contributed by atoms with Gasteiger partial charge in [-0.2, -0.15) is 0 Å². The molecule has 0 aliphatic carbocycles. The molecule has 0 bridgehead atoms. The fourth-order valence-corrected chi connectivity index (χ4v) is 1.34. The van der Waals surface area contributed by atoms with E-state index in [1.165, 1.54) is 7.11 Å². The summed E-state index contributed by atoms with van der Waals surface area (Å²) in [5.74, 6) is 0.738. The summed E-state index contributed by atoms with van der Waals surface area (Å²) >= 11 is 0. The number of esters is 1. The first-order valence-corrected chi connectivity index (χ1v) is 5.21. The van der Waals surface area contributed by atoms with E-state index in [9.17, 15) is 4.79 Å². The number of rotatable bonds is 5. The molecule has 0 saturated heterocycles. The van der Waals surface area contributed by atoms with Crippen molar-refractivity contribution in [2.24, 2.45) is 5.73 Å². The zero-order chi connectivity index (χ0) is 12.8. The molecule has 0 aliphatic heterocycles. The van der Waals surface area contributed by atoms with E-state index in [1.54, 1.807) is 19.2 Å². The molecule has 0 aromatic heterocycles. The van der Waals surface area contributed by atoms with E-state index < -0.39 is 5.97 Å². The first-order chi connectivity index (χ1) is 8.08. The minimum atomic E-state index is -0.441. The van der Waals surface area contributed by atoms with Crippen molar-refractivity contribution in [3.63, 3.8) is 0 Å². The van der Waals surface area contributed by atoms with Crippen LogP contribution >= 0.6 is 0 Å². The quantitative estimate of drug-likeness (QED) is 0.783. The standard InChI is InChI=1S/C12H17NO4/c1-8(13)10-5-4-9(15-2)6-11(10)17-7-12(14)16-3/h4-6,8H,7,13H2,1-3H3/t8-/m0/s1. The molecule has 1 aromatic carbocycles. The van der Waals surface area contributed by atoms with Crippen LogP contribution in [-0.4, -0.2) is 26.8 Å². The summed E-state index contributed by atoms with van der Waals surface area (Å²) in [4.78, 5) is 11.0. The van der Waals surface area contributed by atoms with Crippen molar-refractivity contribution in [1.82, 2.24) is 0 Å². The Bertz CT molecular complexity index is 390. The molecule has 0 unspecified atom stereocenters. The molecule has 0 radical (unpaired) electrons. The summed E-state index contributed by atoms with van der Waals surface area (Å²) in [5, 5.41) is 0. The average molecular weight is 239 g/mol. The lowest BCUT2D eigenvalue weighted by atomic mass is 10.1. The second-order valence-electron chi connectivity index (χ2n) is 3.56. The molecule has 5 nitrogen and oxygen atoms in total. The van der Waals surface area contributed by atoms with Crippen LogP contribution in [0.15, 0.2) is 18.2 Å². The first kappa shape index (κ1) is 13.3. The maximum absolute atomic E-state index is 11.0. The van der Waals surface area contributed by atoms with E-state index in [0.717, 1.165) is 5.56 Å². The molecular formula is C12H17NO4. The van der Waals surface area contributed by atoms with Crippen LogP contribution in [0.1, 0.15) is 18.5 Å². The highest BCUT2D eigenvalue weighted by Gasteiger charge is 2.11. The highest BCUT2D eigenvalue weighted by molar-refractivity contribution is 5.71. The number of nitrogens with two attached hydrogens (primary N) is 1. The fraction of sp³-hybridized carbons (Fsp3) is 0.417. The van der Waals surface area contributed by atoms with E-state index in [1.807, 2.05) is 13.0 Å². The van der Waals surface area contributed by atoms with Gasteiger partial charge in [0.05, 0.1) is 14.2 Å². The van der Waals surface area contributed by atoms with Gasteiger partial charge in [0, 0.05) is 17.7 Å². The van der Waals surface area contributed by atoms with Gasteiger partial charge in [0.25, 0.3) is 0 Å². The summed E-state index contributed by atoms with van der Waals surface area (Å²) in [6.07, 6.45) is 0. The zero-order valence-electron chi connectivity index (χ0n) is 10.2. The van der Waals surface area contributed by atoms with E-state index in [4.69, 9.17) is 15.2 Å². The molecule has 0 amide bonds. The van der Waals surface area contributed by atoms with E-state index in [2.05, 4.69) is 4.74 Å². The molecule has 1 atom stereocenters. The van der Waals surface area contributed by atoms with E-state index in [0.29, 0.717) is 11.5 Å². The van der Waals surface area contributed by atoms with Crippen LogP contribution in [0.25, 0.3) is 0 Å². The Morgan fingerprint density at radius 2 is 2.12 bits per heavy atom. The van der Waals surface area contributed by atoms with Crippen molar-refractivity contribution in [2.45, 2.75) is 13.0 Å². The van der Waals surface area contributed by atoms with Crippen LogP contribution in [0, 0.1) is 0 Å². The average Bonchev–Trinajstić information content (AvgIpc) is 2.35. The monoisotopic (exact) mass is 239 g/mol. The third kappa shape index (κ3) is 3.64. The predicted molar refractivity (Wildman–Crippen MR) is 63.1 cm³/mol. The molecule has 1 aromatic rings. The number of carbonyl (C=O) groups excluding carboxylic acids is 1. The maximum Gasteiger partial charge on any atom is 0.343 e. The Hall–Kier alpha value is -1.75. The largest absolute Gasteiger partial charge is 0.497 e. The van der Waals surface area contributed by atoms with Gasteiger partial charge in [-0.3, -0.25) is 0 Å². The molecule has 2 N–H and O–H groups in total. The highest BCUT2D eigenvalue weighted by Crippen LogP contribution is 2.28. The smallest absolute Gasteiger partial charge is 0.343 e. The fourth-order valence-electron chi connectivity index (χ4n) is 1.34. The van der Waals surface area contributed by atoms with Crippen LogP contribution < -0.4 is 15.2 Å². The SMILES string of the molecule is COC(=O)COc1cc(OC)ccc1[C@H](C)N. The number of methoxy groups -OCH3 is 2. The van der Waals surface area contributed by atoms with E-state index in [-0.39, 0.29) is 12.6 Å². The van der Waals surface area contributed by atoms with Gasteiger partial charge in [-0.15, -0.1) is 0 Å². The molecule has 17 heavy (non-hydrogen) atoms.